The SMILES string of the molecule is CCC1C(=O)NC(C)C(=O)N1c1cccc2c1CCCC2. The van der Waals surface area contributed by atoms with Crippen LogP contribution < -0.4 is 10.2 Å². The minimum Gasteiger partial charge on any atom is -0.343 e. The third-order valence-corrected chi connectivity index (χ3v) is 4.60. The highest BCUT2D eigenvalue weighted by Crippen LogP contribution is 2.33. The number of carbonyl (C=O) groups excluding carboxylic acids is 2. The molecule has 1 heterocycles. The van der Waals surface area contributed by atoms with Gasteiger partial charge in [-0.3, -0.25) is 14.5 Å². The molecule has 0 aromatic heterocycles. The van der Waals surface area contributed by atoms with Crippen molar-refractivity contribution in [2.75, 3.05) is 4.90 Å². The number of amides is 2. The molecule has 1 aliphatic carbocycles. The Morgan fingerprint density at radius 3 is 2.76 bits per heavy atom. The van der Waals surface area contributed by atoms with Crippen LogP contribution in [0.5, 0.6) is 0 Å². The zero-order valence-corrected chi connectivity index (χ0v) is 12.7. The first-order chi connectivity index (χ1) is 10.1. The lowest BCUT2D eigenvalue weighted by atomic mass is 9.89. The number of hydrogen-bond acceptors (Lipinski definition) is 2. The number of hydrogen-bond donors (Lipinski definition) is 1. The van der Waals surface area contributed by atoms with Gasteiger partial charge >= 0.3 is 0 Å². The van der Waals surface area contributed by atoms with Gasteiger partial charge in [0.05, 0.1) is 0 Å². The number of aryl methyl sites for hydroxylation is 1. The van der Waals surface area contributed by atoms with Crippen LogP contribution in [0.15, 0.2) is 18.2 Å². The van der Waals surface area contributed by atoms with Gasteiger partial charge in [0, 0.05) is 5.69 Å². The summed E-state index contributed by atoms with van der Waals surface area (Å²) in [7, 11) is 0. The van der Waals surface area contributed by atoms with Crippen LogP contribution in [0.1, 0.15) is 44.2 Å². The number of nitrogens with zero attached hydrogens (tertiary/aromatic N) is 1. The van der Waals surface area contributed by atoms with Crippen LogP contribution in [0.4, 0.5) is 5.69 Å². The number of carbonyl (C=O) groups is 2. The van der Waals surface area contributed by atoms with Crippen molar-refractivity contribution in [1.29, 1.82) is 0 Å². The van der Waals surface area contributed by atoms with Gasteiger partial charge in [-0.05, 0) is 56.2 Å². The Labute approximate surface area is 125 Å². The Morgan fingerprint density at radius 1 is 1.24 bits per heavy atom. The summed E-state index contributed by atoms with van der Waals surface area (Å²) in [6, 6.07) is 5.32. The zero-order valence-electron chi connectivity index (χ0n) is 12.7. The van der Waals surface area contributed by atoms with Crippen LogP contribution >= 0.6 is 0 Å². The second-order valence-corrected chi connectivity index (χ2v) is 5.98. The fourth-order valence-electron chi connectivity index (χ4n) is 3.49. The first-order valence-electron chi connectivity index (χ1n) is 7.87. The van der Waals surface area contributed by atoms with Gasteiger partial charge in [0.15, 0.2) is 0 Å². The maximum atomic E-state index is 12.6. The van der Waals surface area contributed by atoms with Gasteiger partial charge in [-0.1, -0.05) is 19.1 Å². The number of anilines is 1. The summed E-state index contributed by atoms with van der Waals surface area (Å²) < 4.78 is 0. The van der Waals surface area contributed by atoms with Crippen molar-refractivity contribution in [3.05, 3.63) is 29.3 Å². The second kappa shape index (κ2) is 5.51. The highest BCUT2D eigenvalue weighted by atomic mass is 16.2. The fraction of sp³-hybridized carbons (Fsp3) is 0.529. The summed E-state index contributed by atoms with van der Waals surface area (Å²) in [5.41, 5.74) is 3.54. The average Bonchev–Trinajstić information content (AvgIpc) is 2.50. The number of benzene rings is 1. The first-order valence-corrected chi connectivity index (χ1v) is 7.87. The molecule has 0 bridgehead atoms. The van der Waals surface area contributed by atoms with E-state index in [0.29, 0.717) is 6.42 Å². The van der Waals surface area contributed by atoms with Crippen LogP contribution in [-0.2, 0) is 22.4 Å². The van der Waals surface area contributed by atoms with Crippen LogP contribution in [0.3, 0.4) is 0 Å². The van der Waals surface area contributed by atoms with Crippen molar-refractivity contribution in [1.82, 2.24) is 5.32 Å². The van der Waals surface area contributed by atoms with E-state index in [2.05, 4.69) is 11.4 Å². The minimum atomic E-state index is -0.445. The van der Waals surface area contributed by atoms with Crippen LogP contribution in [0.25, 0.3) is 0 Å². The van der Waals surface area contributed by atoms with Gasteiger partial charge in [-0.15, -0.1) is 0 Å². The van der Waals surface area contributed by atoms with E-state index < -0.39 is 6.04 Å². The lowest BCUT2D eigenvalue weighted by Crippen LogP contribution is -2.62. The molecule has 2 amide bonds. The van der Waals surface area contributed by atoms with Gasteiger partial charge in [0.2, 0.25) is 11.8 Å². The van der Waals surface area contributed by atoms with E-state index in [4.69, 9.17) is 0 Å². The van der Waals surface area contributed by atoms with E-state index in [0.717, 1.165) is 24.9 Å². The molecule has 112 valence electrons. The van der Waals surface area contributed by atoms with Crippen molar-refractivity contribution < 1.29 is 9.59 Å². The highest BCUT2D eigenvalue weighted by molar-refractivity contribution is 6.08. The number of piperazine rings is 1. The average molecular weight is 286 g/mol. The minimum absolute atomic E-state index is 0.000392. The molecule has 1 fully saturated rings. The van der Waals surface area contributed by atoms with Crippen LogP contribution in [-0.4, -0.2) is 23.9 Å². The van der Waals surface area contributed by atoms with E-state index in [9.17, 15) is 9.59 Å². The number of rotatable bonds is 2. The molecular weight excluding hydrogens is 264 g/mol. The smallest absolute Gasteiger partial charge is 0.250 e. The summed E-state index contributed by atoms with van der Waals surface area (Å²) in [6.07, 6.45) is 5.07. The Bertz CT molecular complexity index is 582. The predicted molar refractivity (Wildman–Crippen MR) is 82.3 cm³/mol. The summed E-state index contributed by atoms with van der Waals surface area (Å²) in [5.74, 6) is -0.0431. The molecule has 0 spiro atoms. The molecule has 1 saturated heterocycles. The van der Waals surface area contributed by atoms with Crippen molar-refractivity contribution in [2.45, 2.75) is 58.0 Å². The van der Waals surface area contributed by atoms with Gasteiger partial charge < -0.3 is 5.32 Å². The van der Waals surface area contributed by atoms with Crippen molar-refractivity contribution in [3.8, 4) is 0 Å². The van der Waals surface area contributed by atoms with Crippen molar-refractivity contribution in [3.63, 3.8) is 0 Å². The summed E-state index contributed by atoms with van der Waals surface area (Å²) >= 11 is 0. The molecule has 21 heavy (non-hydrogen) atoms. The summed E-state index contributed by atoms with van der Waals surface area (Å²) in [4.78, 5) is 26.6. The normalized spacial score (nSPS) is 25.5. The topological polar surface area (TPSA) is 49.4 Å². The summed E-state index contributed by atoms with van der Waals surface area (Å²) in [5, 5.41) is 2.78. The lowest BCUT2D eigenvalue weighted by molar-refractivity contribution is -0.133. The highest BCUT2D eigenvalue weighted by Gasteiger charge is 2.39. The molecular formula is C17H22N2O2. The predicted octanol–water partition coefficient (Wildman–Crippen LogP) is 2.20. The third kappa shape index (κ3) is 2.33. The Kier molecular flexibility index (Phi) is 3.70. The molecule has 1 N–H and O–H groups in total. The molecule has 0 saturated carbocycles. The standard InChI is InChI=1S/C17H22N2O2/c1-3-14-16(20)18-11(2)17(21)19(14)15-10-6-8-12-7-4-5-9-13(12)15/h6,8,10-11,14H,3-5,7,9H2,1-2H3,(H,18,20). The van der Waals surface area contributed by atoms with Gasteiger partial charge in [-0.2, -0.15) is 0 Å². The van der Waals surface area contributed by atoms with Crippen LogP contribution in [0.2, 0.25) is 0 Å². The van der Waals surface area contributed by atoms with Gasteiger partial charge in [0.1, 0.15) is 12.1 Å². The van der Waals surface area contributed by atoms with E-state index in [1.54, 1.807) is 11.8 Å². The molecule has 3 rings (SSSR count). The monoisotopic (exact) mass is 286 g/mol. The molecule has 2 atom stereocenters. The molecule has 2 unspecified atom stereocenters. The molecule has 2 aliphatic rings. The molecule has 0 radical (unpaired) electrons. The molecule has 4 heteroatoms. The lowest BCUT2D eigenvalue weighted by Gasteiger charge is -2.39. The third-order valence-electron chi connectivity index (χ3n) is 4.60. The van der Waals surface area contributed by atoms with E-state index in [1.807, 2.05) is 19.1 Å². The quantitative estimate of drug-likeness (QED) is 0.906. The fourth-order valence-corrected chi connectivity index (χ4v) is 3.49. The second-order valence-electron chi connectivity index (χ2n) is 5.98. The van der Waals surface area contributed by atoms with E-state index >= 15 is 0 Å². The van der Waals surface area contributed by atoms with Crippen molar-refractivity contribution >= 4 is 17.5 Å². The molecule has 1 aliphatic heterocycles. The van der Waals surface area contributed by atoms with E-state index in [1.165, 1.54) is 17.5 Å². The van der Waals surface area contributed by atoms with E-state index in [-0.39, 0.29) is 17.9 Å². The molecule has 1 aromatic carbocycles. The summed E-state index contributed by atoms with van der Waals surface area (Å²) in [6.45, 7) is 3.71. The molecule has 4 nitrogen and oxygen atoms in total. The Balaban J connectivity index is 2.08. The number of nitrogens with one attached hydrogen (secondary N) is 1. The first kappa shape index (κ1) is 14.1. The number of fused-ring (bicyclic) bond motifs is 1. The Hall–Kier alpha value is -1.84. The maximum absolute atomic E-state index is 12.6. The zero-order chi connectivity index (χ0) is 15.0. The maximum Gasteiger partial charge on any atom is 0.250 e. The van der Waals surface area contributed by atoms with Crippen molar-refractivity contribution in [2.24, 2.45) is 0 Å². The largest absolute Gasteiger partial charge is 0.343 e. The molecule has 1 aromatic rings. The van der Waals surface area contributed by atoms with Gasteiger partial charge in [0.25, 0.3) is 0 Å². The van der Waals surface area contributed by atoms with Gasteiger partial charge in [-0.25, -0.2) is 0 Å². The Morgan fingerprint density at radius 2 is 2.00 bits per heavy atom. The van der Waals surface area contributed by atoms with Crippen LogP contribution in [0, 0.1) is 0 Å².